The number of carbonyl (C=O) groups excluding carboxylic acids is 2. The predicted octanol–water partition coefficient (Wildman–Crippen LogP) is 2.37. The summed E-state index contributed by atoms with van der Waals surface area (Å²) in [6.45, 7) is 7.39. The van der Waals surface area contributed by atoms with E-state index in [1.807, 2.05) is 0 Å². The molecule has 1 aliphatic rings. The van der Waals surface area contributed by atoms with E-state index >= 15 is 0 Å². The zero-order valence-electron chi connectivity index (χ0n) is 14.7. The molecule has 0 aliphatic carbocycles. The van der Waals surface area contributed by atoms with Crippen LogP contribution in [0.5, 0.6) is 0 Å². The minimum absolute atomic E-state index is 0.214. The van der Waals surface area contributed by atoms with Gasteiger partial charge in [0.2, 0.25) is 0 Å². The molecule has 2 N–H and O–H groups in total. The Kier molecular flexibility index (Phi) is 10.9. The summed E-state index contributed by atoms with van der Waals surface area (Å²) < 4.78 is 9.65. The Hall–Kier alpha value is -2.34. The van der Waals surface area contributed by atoms with Gasteiger partial charge in [-0.2, -0.15) is 0 Å². The van der Waals surface area contributed by atoms with Gasteiger partial charge in [0.15, 0.2) is 0 Å². The van der Waals surface area contributed by atoms with E-state index in [1.54, 1.807) is 12.2 Å². The van der Waals surface area contributed by atoms with Crippen molar-refractivity contribution in [2.24, 2.45) is 0 Å². The normalized spacial score (nSPS) is 13.3. The van der Waals surface area contributed by atoms with Crippen LogP contribution in [-0.4, -0.2) is 38.4 Å². The fourth-order valence-corrected chi connectivity index (χ4v) is 2.28. The molecule has 0 fully saturated rings. The number of aliphatic hydroxyl groups excluding tert-OH is 1. The number of methoxy groups -OCH3 is 2. The molecule has 0 amide bonds. The number of aliphatic hydroxyl groups is 1. The largest absolute Gasteiger partial charge is 0.466 e. The van der Waals surface area contributed by atoms with Crippen LogP contribution in [0.25, 0.3) is 0 Å². The van der Waals surface area contributed by atoms with Crippen molar-refractivity contribution in [1.29, 1.82) is 0 Å². The van der Waals surface area contributed by atoms with Gasteiger partial charge >= 0.3 is 11.9 Å². The summed E-state index contributed by atoms with van der Waals surface area (Å²) >= 11 is 0. The van der Waals surface area contributed by atoms with Crippen LogP contribution in [0, 0.1) is 0 Å². The summed E-state index contributed by atoms with van der Waals surface area (Å²) in [7, 11) is 3.66. The Morgan fingerprint density at radius 1 is 1.00 bits per heavy atom. The van der Waals surface area contributed by atoms with Crippen molar-refractivity contribution in [3.63, 3.8) is 0 Å². The smallest absolute Gasteiger partial charge is 0.335 e. The molecule has 0 radical (unpaired) electrons. The second-order valence-corrected chi connectivity index (χ2v) is 4.85. The van der Waals surface area contributed by atoms with Gasteiger partial charge in [-0.3, -0.25) is 0 Å². The molecule has 0 bridgehead atoms. The zero-order chi connectivity index (χ0) is 18.5. The highest BCUT2D eigenvalue weighted by Gasteiger charge is 2.28. The minimum atomic E-state index is -0.435. The maximum Gasteiger partial charge on any atom is 0.335 e. The monoisotopic (exact) mass is 337 g/mol. The first kappa shape index (κ1) is 21.7. The standard InChI is InChI=1S/C17H23NO4.CH4O/c1-5-7-9-14-12(16(19)21-3)11-13(17(20)22-4)15(18-14)10-8-6-2;1-2/h5-6,18H,1-2,7-11H2,3-4H3;2H,1H3. The number of rotatable bonds is 8. The van der Waals surface area contributed by atoms with Gasteiger partial charge in [0.05, 0.1) is 25.4 Å². The molecule has 1 rings (SSSR count). The SMILES string of the molecule is C=CCCC1=C(C(=O)OC)CC(C(=O)OC)=C(CCC=C)N1.CO. The molecular weight excluding hydrogens is 310 g/mol. The zero-order valence-corrected chi connectivity index (χ0v) is 14.7. The second kappa shape index (κ2) is 12.1. The molecule has 0 saturated carbocycles. The Labute approximate surface area is 143 Å². The number of hydrogen-bond acceptors (Lipinski definition) is 6. The van der Waals surface area contributed by atoms with Crippen molar-refractivity contribution in [3.8, 4) is 0 Å². The highest BCUT2D eigenvalue weighted by atomic mass is 16.5. The van der Waals surface area contributed by atoms with Gasteiger partial charge in [0.25, 0.3) is 0 Å². The van der Waals surface area contributed by atoms with Crippen molar-refractivity contribution in [2.75, 3.05) is 21.3 Å². The molecule has 0 spiro atoms. The molecule has 0 unspecified atom stereocenters. The number of esters is 2. The summed E-state index contributed by atoms with van der Waals surface area (Å²) in [4.78, 5) is 24.0. The molecule has 6 heteroatoms. The lowest BCUT2D eigenvalue weighted by Crippen LogP contribution is -2.28. The third kappa shape index (κ3) is 6.04. The molecule has 0 aromatic rings. The molecule has 0 aromatic carbocycles. The van der Waals surface area contributed by atoms with Crippen LogP contribution in [0.1, 0.15) is 32.1 Å². The molecule has 1 aliphatic heterocycles. The number of allylic oxidation sites excluding steroid dienone is 4. The highest BCUT2D eigenvalue weighted by molar-refractivity contribution is 5.96. The Morgan fingerprint density at radius 3 is 1.67 bits per heavy atom. The lowest BCUT2D eigenvalue weighted by atomic mass is 9.93. The first-order chi connectivity index (χ1) is 11.6. The topological polar surface area (TPSA) is 84.9 Å². The van der Waals surface area contributed by atoms with E-state index in [0.29, 0.717) is 24.0 Å². The van der Waals surface area contributed by atoms with Crippen LogP contribution in [0.4, 0.5) is 0 Å². The average molecular weight is 337 g/mol. The molecule has 0 aromatic heterocycles. The average Bonchev–Trinajstić information content (AvgIpc) is 2.64. The van der Waals surface area contributed by atoms with E-state index in [0.717, 1.165) is 31.3 Å². The van der Waals surface area contributed by atoms with Gasteiger partial charge in [0.1, 0.15) is 0 Å². The summed E-state index contributed by atoms with van der Waals surface area (Å²) in [6, 6.07) is 0. The van der Waals surface area contributed by atoms with Crippen molar-refractivity contribution >= 4 is 11.9 Å². The van der Waals surface area contributed by atoms with Gasteiger partial charge in [-0.1, -0.05) is 12.2 Å². The maximum absolute atomic E-state index is 12.0. The number of dihydropyridines is 1. The summed E-state index contributed by atoms with van der Waals surface area (Å²) in [6.07, 6.45) is 6.51. The van der Waals surface area contributed by atoms with Gasteiger partial charge in [-0.15, -0.1) is 13.2 Å². The Bertz CT molecular complexity index is 486. The predicted molar refractivity (Wildman–Crippen MR) is 92.8 cm³/mol. The molecule has 134 valence electrons. The van der Waals surface area contributed by atoms with Crippen LogP contribution in [0.15, 0.2) is 47.9 Å². The Morgan fingerprint density at radius 2 is 1.38 bits per heavy atom. The highest BCUT2D eigenvalue weighted by Crippen LogP contribution is 2.29. The van der Waals surface area contributed by atoms with Crippen LogP contribution >= 0.6 is 0 Å². The number of carbonyl (C=O) groups is 2. The third-order valence-electron chi connectivity index (χ3n) is 3.44. The van der Waals surface area contributed by atoms with E-state index in [2.05, 4.69) is 18.5 Å². The fraction of sp³-hybridized carbons (Fsp3) is 0.444. The van der Waals surface area contributed by atoms with Gasteiger partial charge < -0.3 is 19.9 Å². The fourth-order valence-electron chi connectivity index (χ4n) is 2.28. The van der Waals surface area contributed by atoms with E-state index in [-0.39, 0.29) is 6.42 Å². The second-order valence-electron chi connectivity index (χ2n) is 4.85. The van der Waals surface area contributed by atoms with E-state index in [1.165, 1.54) is 14.2 Å². The van der Waals surface area contributed by atoms with Gasteiger partial charge in [0, 0.05) is 24.9 Å². The van der Waals surface area contributed by atoms with Gasteiger partial charge in [-0.05, 0) is 25.7 Å². The first-order valence-electron chi connectivity index (χ1n) is 7.63. The lowest BCUT2D eigenvalue weighted by Gasteiger charge is -2.25. The van der Waals surface area contributed by atoms with Crippen molar-refractivity contribution < 1.29 is 24.2 Å². The quantitative estimate of drug-likeness (QED) is 0.522. The molecular formula is C18H27NO5. The van der Waals surface area contributed by atoms with E-state index < -0.39 is 11.9 Å². The van der Waals surface area contributed by atoms with Crippen molar-refractivity contribution in [2.45, 2.75) is 32.1 Å². The van der Waals surface area contributed by atoms with Crippen LogP contribution in [0.2, 0.25) is 0 Å². The first-order valence-corrected chi connectivity index (χ1v) is 7.63. The molecule has 1 heterocycles. The van der Waals surface area contributed by atoms with Crippen LogP contribution in [-0.2, 0) is 19.1 Å². The van der Waals surface area contributed by atoms with Crippen molar-refractivity contribution in [1.82, 2.24) is 5.32 Å². The van der Waals surface area contributed by atoms with E-state index in [9.17, 15) is 9.59 Å². The third-order valence-corrected chi connectivity index (χ3v) is 3.44. The molecule has 0 saturated heterocycles. The van der Waals surface area contributed by atoms with E-state index in [4.69, 9.17) is 14.6 Å². The number of ether oxygens (including phenoxy) is 2. The summed E-state index contributed by atoms with van der Waals surface area (Å²) in [5.41, 5.74) is 2.48. The summed E-state index contributed by atoms with van der Waals surface area (Å²) in [5, 5.41) is 10.2. The summed E-state index contributed by atoms with van der Waals surface area (Å²) in [5.74, 6) is -0.869. The minimum Gasteiger partial charge on any atom is -0.466 e. The van der Waals surface area contributed by atoms with Crippen LogP contribution in [0.3, 0.4) is 0 Å². The Balaban J connectivity index is 0.00000254. The van der Waals surface area contributed by atoms with Gasteiger partial charge in [-0.25, -0.2) is 9.59 Å². The lowest BCUT2D eigenvalue weighted by molar-refractivity contribution is -0.136. The molecule has 0 atom stereocenters. The maximum atomic E-state index is 12.0. The molecule has 6 nitrogen and oxygen atoms in total. The van der Waals surface area contributed by atoms with Crippen LogP contribution < -0.4 is 5.32 Å². The number of hydrogen-bond donors (Lipinski definition) is 2. The number of nitrogens with one attached hydrogen (secondary N) is 1. The van der Waals surface area contributed by atoms with Crippen molar-refractivity contribution in [3.05, 3.63) is 47.9 Å². The molecule has 24 heavy (non-hydrogen) atoms.